The summed E-state index contributed by atoms with van der Waals surface area (Å²) in [6, 6.07) is 12.5. The van der Waals surface area contributed by atoms with Crippen molar-refractivity contribution in [3.8, 4) is 5.75 Å². The van der Waals surface area contributed by atoms with Crippen molar-refractivity contribution < 1.29 is 4.74 Å². The van der Waals surface area contributed by atoms with Crippen molar-refractivity contribution in [2.45, 2.75) is 25.8 Å². The maximum absolute atomic E-state index is 6.14. The number of hydrogen-bond acceptors (Lipinski definition) is 2. The largest absolute Gasteiger partial charge is 0.496 e. The zero-order chi connectivity index (χ0) is 14.1. The highest BCUT2D eigenvalue weighted by Crippen LogP contribution is 2.40. The number of rotatable bonds is 3. The lowest BCUT2D eigenvalue weighted by Gasteiger charge is -2.16. The van der Waals surface area contributed by atoms with Crippen molar-refractivity contribution in [3.05, 3.63) is 58.1 Å². The van der Waals surface area contributed by atoms with Gasteiger partial charge in [0, 0.05) is 16.3 Å². The average Bonchev–Trinajstić information content (AvgIpc) is 2.90. The molecular weight excluding hydrogens is 270 g/mol. The summed E-state index contributed by atoms with van der Waals surface area (Å²) in [5.41, 5.74) is 5.14. The Morgan fingerprint density at radius 1 is 1.30 bits per heavy atom. The number of nitrogens with one attached hydrogen (secondary N) is 1. The van der Waals surface area contributed by atoms with Gasteiger partial charge in [0.2, 0.25) is 0 Å². The normalized spacial score (nSPS) is 16.6. The van der Waals surface area contributed by atoms with Crippen molar-refractivity contribution in [1.82, 2.24) is 0 Å². The molecule has 20 heavy (non-hydrogen) atoms. The third-order valence-corrected chi connectivity index (χ3v) is 4.16. The predicted molar refractivity (Wildman–Crippen MR) is 83.9 cm³/mol. The number of halogens is 1. The van der Waals surface area contributed by atoms with Gasteiger partial charge in [-0.2, -0.15) is 0 Å². The zero-order valence-electron chi connectivity index (χ0n) is 11.7. The van der Waals surface area contributed by atoms with Gasteiger partial charge in [-0.15, -0.1) is 0 Å². The van der Waals surface area contributed by atoms with Crippen molar-refractivity contribution in [3.63, 3.8) is 0 Å². The van der Waals surface area contributed by atoms with Gasteiger partial charge in [0.05, 0.1) is 13.2 Å². The molecule has 1 aliphatic rings. The molecule has 1 N–H and O–H groups in total. The van der Waals surface area contributed by atoms with Gasteiger partial charge in [-0.05, 0) is 42.2 Å². The molecule has 2 nitrogen and oxygen atoms in total. The molecule has 0 saturated heterocycles. The molecule has 0 aliphatic carbocycles. The Morgan fingerprint density at radius 2 is 2.15 bits per heavy atom. The van der Waals surface area contributed by atoms with Crippen LogP contribution in [0.5, 0.6) is 5.75 Å². The van der Waals surface area contributed by atoms with Crippen LogP contribution in [-0.2, 0) is 12.8 Å². The van der Waals surface area contributed by atoms with E-state index in [0.717, 1.165) is 29.2 Å². The van der Waals surface area contributed by atoms with E-state index in [0.29, 0.717) is 0 Å². The Bertz CT molecular complexity index is 639. The first-order valence-electron chi connectivity index (χ1n) is 6.93. The minimum absolute atomic E-state index is 0.228. The van der Waals surface area contributed by atoms with Crippen molar-refractivity contribution in [2.24, 2.45) is 0 Å². The fourth-order valence-electron chi connectivity index (χ4n) is 2.91. The van der Waals surface area contributed by atoms with E-state index in [1.807, 2.05) is 18.2 Å². The van der Waals surface area contributed by atoms with Crippen LogP contribution in [0.3, 0.4) is 0 Å². The summed E-state index contributed by atoms with van der Waals surface area (Å²) in [6.45, 7) is 2.19. The number of methoxy groups -OCH3 is 1. The molecule has 1 heterocycles. The highest BCUT2D eigenvalue weighted by atomic mass is 35.5. The Morgan fingerprint density at radius 3 is 2.90 bits per heavy atom. The second-order valence-electron chi connectivity index (χ2n) is 5.09. The number of benzene rings is 2. The fraction of sp³-hybridized carbons (Fsp3) is 0.294. The van der Waals surface area contributed by atoms with E-state index < -0.39 is 0 Å². The third kappa shape index (κ3) is 2.25. The summed E-state index contributed by atoms with van der Waals surface area (Å²) in [6.07, 6.45) is 2.01. The lowest BCUT2D eigenvalue weighted by Crippen LogP contribution is -2.08. The SMILES string of the molecule is CCc1cccc2c1NC(c1cc(Cl)ccc1OC)C2. The minimum atomic E-state index is 0.228. The van der Waals surface area contributed by atoms with E-state index in [9.17, 15) is 0 Å². The lowest BCUT2D eigenvalue weighted by atomic mass is 10.0. The van der Waals surface area contributed by atoms with Crippen LogP contribution >= 0.6 is 11.6 Å². The Labute approximate surface area is 124 Å². The molecule has 2 aromatic rings. The van der Waals surface area contributed by atoms with Crippen LogP contribution in [0, 0.1) is 0 Å². The van der Waals surface area contributed by atoms with Gasteiger partial charge in [0.1, 0.15) is 5.75 Å². The molecule has 0 spiro atoms. The first-order valence-corrected chi connectivity index (χ1v) is 7.31. The molecule has 1 atom stereocenters. The van der Waals surface area contributed by atoms with Gasteiger partial charge in [0.15, 0.2) is 0 Å². The maximum atomic E-state index is 6.14. The first-order chi connectivity index (χ1) is 9.72. The van der Waals surface area contributed by atoms with Crippen LogP contribution in [0.4, 0.5) is 5.69 Å². The lowest BCUT2D eigenvalue weighted by molar-refractivity contribution is 0.407. The molecule has 0 bridgehead atoms. The molecule has 0 radical (unpaired) electrons. The molecule has 3 rings (SSSR count). The Kier molecular flexibility index (Phi) is 3.58. The second-order valence-corrected chi connectivity index (χ2v) is 5.53. The molecular formula is C17H18ClNO. The van der Waals surface area contributed by atoms with Crippen LogP contribution in [0.1, 0.15) is 29.7 Å². The quantitative estimate of drug-likeness (QED) is 0.889. The van der Waals surface area contributed by atoms with E-state index in [4.69, 9.17) is 16.3 Å². The monoisotopic (exact) mass is 287 g/mol. The minimum Gasteiger partial charge on any atom is -0.496 e. The summed E-state index contributed by atoms with van der Waals surface area (Å²) >= 11 is 6.14. The number of ether oxygens (including phenoxy) is 1. The van der Waals surface area contributed by atoms with Gasteiger partial charge >= 0.3 is 0 Å². The van der Waals surface area contributed by atoms with Crippen LogP contribution < -0.4 is 10.1 Å². The van der Waals surface area contributed by atoms with E-state index in [-0.39, 0.29) is 6.04 Å². The predicted octanol–water partition coefficient (Wildman–Crippen LogP) is 4.62. The van der Waals surface area contributed by atoms with Crippen molar-refractivity contribution in [1.29, 1.82) is 0 Å². The Balaban J connectivity index is 1.98. The summed E-state index contributed by atoms with van der Waals surface area (Å²) in [4.78, 5) is 0. The van der Waals surface area contributed by atoms with Gasteiger partial charge in [-0.1, -0.05) is 36.7 Å². The average molecular weight is 288 g/mol. The van der Waals surface area contributed by atoms with E-state index in [1.54, 1.807) is 7.11 Å². The number of fused-ring (bicyclic) bond motifs is 1. The van der Waals surface area contributed by atoms with Crippen LogP contribution in [0.2, 0.25) is 5.02 Å². The first kappa shape index (κ1) is 13.3. The number of para-hydroxylation sites is 1. The second kappa shape index (κ2) is 5.37. The smallest absolute Gasteiger partial charge is 0.124 e. The van der Waals surface area contributed by atoms with Crippen molar-refractivity contribution >= 4 is 17.3 Å². The van der Waals surface area contributed by atoms with Gasteiger partial charge in [0.25, 0.3) is 0 Å². The molecule has 104 valence electrons. The molecule has 0 amide bonds. The number of aryl methyl sites for hydroxylation is 1. The fourth-order valence-corrected chi connectivity index (χ4v) is 3.09. The van der Waals surface area contributed by atoms with Crippen molar-refractivity contribution in [2.75, 3.05) is 12.4 Å². The maximum Gasteiger partial charge on any atom is 0.124 e. The molecule has 2 aromatic carbocycles. The zero-order valence-corrected chi connectivity index (χ0v) is 12.5. The van der Waals surface area contributed by atoms with Crippen LogP contribution in [-0.4, -0.2) is 7.11 Å². The summed E-state index contributed by atoms with van der Waals surface area (Å²) in [5, 5.41) is 4.38. The number of anilines is 1. The Hall–Kier alpha value is -1.67. The van der Waals surface area contributed by atoms with E-state index >= 15 is 0 Å². The third-order valence-electron chi connectivity index (χ3n) is 3.93. The van der Waals surface area contributed by atoms with Gasteiger partial charge in [-0.3, -0.25) is 0 Å². The molecule has 3 heteroatoms. The number of hydrogen-bond donors (Lipinski definition) is 1. The van der Waals surface area contributed by atoms with Crippen LogP contribution in [0.15, 0.2) is 36.4 Å². The molecule has 1 unspecified atom stereocenters. The highest BCUT2D eigenvalue weighted by Gasteiger charge is 2.26. The molecule has 0 aromatic heterocycles. The summed E-state index contributed by atoms with van der Waals surface area (Å²) in [5.74, 6) is 0.887. The summed E-state index contributed by atoms with van der Waals surface area (Å²) < 4.78 is 5.47. The topological polar surface area (TPSA) is 21.3 Å². The standard InChI is InChI=1S/C17H18ClNO/c1-3-11-5-4-6-12-9-15(19-17(11)12)14-10-13(18)7-8-16(14)20-2/h4-8,10,15,19H,3,9H2,1-2H3. The molecule has 0 fully saturated rings. The molecule has 1 aliphatic heterocycles. The molecule has 0 saturated carbocycles. The van der Waals surface area contributed by atoms with Crippen LogP contribution in [0.25, 0.3) is 0 Å². The van der Waals surface area contributed by atoms with E-state index in [1.165, 1.54) is 16.8 Å². The van der Waals surface area contributed by atoms with Gasteiger partial charge < -0.3 is 10.1 Å². The highest BCUT2D eigenvalue weighted by molar-refractivity contribution is 6.30. The van der Waals surface area contributed by atoms with Gasteiger partial charge in [-0.25, -0.2) is 0 Å². The summed E-state index contributed by atoms with van der Waals surface area (Å²) in [7, 11) is 1.70. The van der Waals surface area contributed by atoms with E-state index in [2.05, 4.69) is 30.4 Å².